The van der Waals surface area contributed by atoms with Crippen molar-refractivity contribution in [2.75, 3.05) is 0 Å². The monoisotopic (exact) mass is 168 g/mol. The highest BCUT2D eigenvalue weighted by atomic mass is 19.1. The van der Waals surface area contributed by atoms with Gasteiger partial charge in [-0.1, -0.05) is 12.1 Å². The Balaban J connectivity index is 2.50. The van der Waals surface area contributed by atoms with Crippen LogP contribution in [0.1, 0.15) is 5.56 Å². The fraction of sp³-hybridized carbons (Fsp3) is 0.125. The van der Waals surface area contributed by atoms with Gasteiger partial charge >= 0.3 is 6.16 Å². The van der Waals surface area contributed by atoms with Gasteiger partial charge in [-0.2, -0.15) is 0 Å². The molecule has 0 unspecified atom stereocenters. The first-order chi connectivity index (χ1) is 5.77. The summed E-state index contributed by atoms with van der Waals surface area (Å²) in [5.41, 5.74) is 0.551. The molecule has 0 spiro atoms. The first kappa shape index (κ1) is 7.09. The summed E-state index contributed by atoms with van der Waals surface area (Å²) in [6, 6.07) is 4.42. The van der Waals surface area contributed by atoms with E-state index in [4.69, 9.17) is 0 Å². The smallest absolute Gasteiger partial charge is 0.429 e. The normalized spacial score (nSPS) is 14.6. The van der Waals surface area contributed by atoms with Crippen LogP contribution in [-0.2, 0) is 11.3 Å². The fourth-order valence-electron chi connectivity index (χ4n) is 1.03. The van der Waals surface area contributed by atoms with Gasteiger partial charge in [0.15, 0.2) is 11.6 Å². The molecule has 0 saturated heterocycles. The van der Waals surface area contributed by atoms with Gasteiger partial charge in [0, 0.05) is 5.56 Å². The second-order valence-electron chi connectivity index (χ2n) is 2.37. The zero-order valence-corrected chi connectivity index (χ0v) is 6.04. The molecule has 0 aromatic heterocycles. The Labute approximate surface area is 67.7 Å². The molecule has 0 atom stereocenters. The Morgan fingerprint density at radius 2 is 2.25 bits per heavy atom. The molecule has 62 valence electrons. The highest BCUT2D eigenvalue weighted by molar-refractivity contribution is 5.66. The van der Waals surface area contributed by atoms with Gasteiger partial charge in [0.1, 0.15) is 6.61 Å². The number of hydrogen-bond donors (Lipinski definition) is 0. The Morgan fingerprint density at radius 1 is 1.42 bits per heavy atom. The molecule has 1 aromatic carbocycles. The lowest BCUT2D eigenvalue weighted by molar-refractivity contribution is 0.0763. The van der Waals surface area contributed by atoms with Crippen LogP contribution < -0.4 is 4.74 Å². The number of cyclic esters (lactones) is 1. The second-order valence-corrected chi connectivity index (χ2v) is 2.37. The number of ether oxygens (including phenoxy) is 2. The third kappa shape index (κ3) is 1.01. The van der Waals surface area contributed by atoms with E-state index in [1.54, 1.807) is 6.07 Å². The molecule has 3 nitrogen and oxygen atoms in total. The minimum atomic E-state index is -0.854. The zero-order valence-electron chi connectivity index (χ0n) is 6.04. The van der Waals surface area contributed by atoms with E-state index in [-0.39, 0.29) is 12.4 Å². The summed E-state index contributed by atoms with van der Waals surface area (Å²) in [4.78, 5) is 10.6. The van der Waals surface area contributed by atoms with Gasteiger partial charge in [0.05, 0.1) is 0 Å². The molecule has 0 aliphatic carbocycles. The van der Waals surface area contributed by atoms with Gasteiger partial charge in [0.2, 0.25) is 0 Å². The van der Waals surface area contributed by atoms with E-state index in [1.165, 1.54) is 12.1 Å². The topological polar surface area (TPSA) is 35.5 Å². The molecule has 0 saturated carbocycles. The third-order valence-electron chi connectivity index (χ3n) is 1.58. The number of carbonyl (C=O) groups is 1. The van der Waals surface area contributed by atoms with Crippen LogP contribution in [0, 0.1) is 5.82 Å². The Hall–Kier alpha value is -1.58. The van der Waals surface area contributed by atoms with E-state index >= 15 is 0 Å². The number of carbonyl (C=O) groups excluding carboxylic acids is 1. The number of rotatable bonds is 0. The van der Waals surface area contributed by atoms with Gasteiger partial charge in [0.25, 0.3) is 0 Å². The van der Waals surface area contributed by atoms with E-state index in [9.17, 15) is 9.18 Å². The van der Waals surface area contributed by atoms with Crippen LogP contribution in [-0.4, -0.2) is 6.16 Å². The van der Waals surface area contributed by atoms with Crippen molar-refractivity contribution in [2.45, 2.75) is 6.61 Å². The van der Waals surface area contributed by atoms with Crippen molar-refractivity contribution in [1.82, 2.24) is 0 Å². The predicted octanol–water partition coefficient (Wildman–Crippen LogP) is 1.85. The summed E-state index contributed by atoms with van der Waals surface area (Å²) in [6.45, 7) is 0.0753. The molecule has 0 radical (unpaired) electrons. The third-order valence-corrected chi connectivity index (χ3v) is 1.58. The van der Waals surface area contributed by atoms with Crippen LogP contribution in [0.25, 0.3) is 0 Å². The fourth-order valence-corrected chi connectivity index (χ4v) is 1.03. The van der Waals surface area contributed by atoms with Gasteiger partial charge in [-0.15, -0.1) is 0 Å². The van der Waals surface area contributed by atoms with Crippen molar-refractivity contribution in [3.8, 4) is 5.75 Å². The van der Waals surface area contributed by atoms with Crippen molar-refractivity contribution in [2.24, 2.45) is 0 Å². The van der Waals surface area contributed by atoms with Crippen LogP contribution >= 0.6 is 0 Å². The Morgan fingerprint density at radius 3 is 3.08 bits per heavy atom. The van der Waals surface area contributed by atoms with Crippen molar-refractivity contribution in [3.05, 3.63) is 29.6 Å². The van der Waals surface area contributed by atoms with Crippen molar-refractivity contribution >= 4 is 6.16 Å². The van der Waals surface area contributed by atoms with Crippen LogP contribution in [0.4, 0.5) is 9.18 Å². The minimum absolute atomic E-state index is 0.0197. The lowest BCUT2D eigenvalue weighted by Gasteiger charge is -2.15. The van der Waals surface area contributed by atoms with Crippen LogP contribution in [0.2, 0.25) is 0 Å². The largest absolute Gasteiger partial charge is 0.514 e. The average Bonchev–Trinajstić information content (AvgIpc) is 2.07. The highest BCUT2D eigenvalue weighted by Gasteiger charge is 2.20. The summed E-state index contributed by atoms with van der Waals surface area (Å²) < 4.78 is 22.0. The summed E-state index contributed by atoms with van der Waals surface area (Å²) in [6.07, 6.45) is -0.854. The summed E-state index contributed by atoms with van der Waals surface area (Å²) in [5.74, 6) is -0.557. The molecule has 0 amide bonds. The zero-order chi connectivity index (χ0) is 8.55. The highest BCUT2D eigenvalue weighted by Crippen LogP contribution is 2.26. The molecule has 1 aliphatic heterocycles. The van der Waals surface area contributed by atoms with E-state index in [1.807, 2.05) is 0 Å². The number of benzene rings is 1. The van der Waals surface area contributed by atoms with Gasteiger partial charge < -0.3 is 9.47 Å². The molecular weight excluding hydrogens is 163 g/mol. The van der Waals surface area contributed by atoms with Crippen molar-refractivity contribution in [3.63, 3.8) is 0 Å². The van der Waals surface area contributed by atoms with Crippen LogP contribution in [0.5, 0.6) is 5.75 Å². The maximum Gasteiger partial charge on any atom is 0.514 e. The first-order valence-electron chi connectivity index (χ1n) is 3.39. The van der Waals surface area contributed by atoms with Gasteiger partial charge in [-0.25, -0.2) is 9.18 Å². The predicted molar refractivity (Wildman–Crippen MR) is 37.2 cm³/mol. The molecule has 12 heavy (non-hydrogen) atoms. The number of hydrogen-bond acceptors (Lipinski definition) is 3. The standard InChI is InChI=1S/C8H5FO3/c9-6-3-1-2-5-4-11-8(10)12-7(5)6/h1-3H,4H2. The SMILES string of the molecule is O=C1OCc2cccc(F)c2O1. The average molecular weight is 168 g/mol. The van der Waals surface area contributed by atoms with E-state index < -0.39 is 12.0 Å². The lowest BCUT2D eigenvalue weighted by Crippen LogP contribution is -2.18. The Kier molecular flexibility index (Phi) is 1.46. The molecular formula is C8H5FO3. The summed E-state index contributed by atoms with van der Waals surface area (Å²) in [7, 11) is 0. The number of para-hydroxylation sites is 1. The molecule has 0 fully saturated rings. The van der Waals surface area contributed by atoms with Gasteiger partial charge in [-0.05, 0) is 6.07 Å². The van der Waals surface area contributed by atoms with E-state index in [2.05, 4.69) is 9.47 Å². The second kappa shape index (κ2) is 2.48. The number of fused-ring (bicyclic) bond motifs is 1. The molecule has 2 rings (SSSR count). The lowest BCUT2D eigenvalue weighted by atomic mass is 10.2. The molecule has 0 bridgehead atoms. The van der Waals surface area contributed by atoms with Crippen LogP contribution in [0.15, 0.2) is 18.2 Å². The number of halogens is 1. The van der Waals surface area contributed by atoms with Crippen molar-refractivity contribution < 1.29 is 18.7 Å². The molecule has 1 aromatic rings. The first-order valence-corrected chi connectivity index (χ1v) is 3.39. The van der Waals surface area contributed by atoms with Gasteiger partial charge in [-0.3, -0.25) is 0 Å². The molecule has 1 heterocycles. The maximum absolute atomic E-state index is 12.9. The quantitative estimate of drug-likeness (QED) is 0.438. The summed E-state index contributed by atoms with van der Waals surface area (Å²) >= 11 is 0. The maximum atomic E-state index is 12.9. The minimum Gasteiger partial charge on any atom is -0.429 e. The molecule has 4 heteroatoms. The summed E-state index contributed by atoms with van der Waals surface area (Å²) in [5, 5.41) is 0. The van der Waals surface area contributed by atoms with E-state index in [0.29, 0.717) is 5.56 Å². The Bertz CT molecular complexity index is 335. The van der Waals surface area contributed by atoms with Crippen LogP contribution in [0.3, 0.4) is 0 Å². The molecule has 0 N–H and O–H groups in total. The van der Waals surface area contributed by atoms with E-state index in [0.717, 1.165) is 0 Å². The molecule has 1 aliphatic rings. The van der Waals surface area contributed by atoms with Crippen molar-refractivity contribution in [1.29, 1.82) is 0 Å².